The van der Waals surface area contributed by atoms with Gasteiger partial charge in [0.1, 0.15) is 29.3 Å². The number of hydrogen-bond donors (Lipinski definition) is 2. The Balaban J connectivity index is 2.54. The molecule has 0 aliphatic carbocycles. The summed E-state index contributed by atoms with van der Waals surface area (Å²) in [5.74, 6) is 0.561. The van der Waals surface area contributed by atoms with Gasteiger partial charge >= 0.3 is 12.1 Å². The molecule has 3 unspecified atom stereocenters. The summed E-state index contributed by atoms with van der Waals surface area (Å²) in [4.78, 5) is 55.7. The van der Waals surface area contributed by atoms with Crippen LogP contribution in [-0.2, 0) is 30.3 Å². The maximum absolute atomic E-state index is 14.2. The summed E-state index contributed by atoms with van der Waals surface area (Å²) in [6.07, 6.45) is 5.00. The SMILES string of the molecule is C#Cc1ccc(C(C(=O)NC(Cc2ccccc2)C(=O)OC(C)(C)C)N(CC)C(=O)C(NC(=O)OC(C)(C)C)C(C)C)cc1. The van der Waals surface area contributed by atoms with E-state index in [-0.39, 0.29) is 18.9 Å². The topological polar surface area (TPSA) is 114 Å². The average Bonchev–Trinajstić information content (AvgIpc) is 2.92. The molecule has 0 fully saturated rings. The number of likely N-dealkylation sites (N-methyl/N-ethyl adjacent to an activating group) is 1. The van der Waals surface area contributed by atoms with Gasteiger partial charge < -0.3 is 25.0 Å². The maximum atomic E-state index is 14.2. The second kappa shape index (κ2) is 15.4. The predicted octanol–water partition coefficient (Wildman–Crippen LogP) is 5.18. The van der Waals surface area contributed by atoms with Gasteiger partial charge in [0.25, 0.3) is 0 Å². The number of terminal acetylenes is 1. The molecule has 0 bridgehead atoms. The number of rotatable bonds is 11. The van der Waals surface area contributed by atoms with Crippen LogP contribution < -0.4 is 10.6 Å². The normalized spacial score (nSPS) is 13.6. The molecule has 0 heterocycles. The van der Waals surface area contributed by atoms with Crippen LogP contribution in [0.4, 0.5) is 4.79 Å². The second-order valence-electron chi connectivity index (χ2n) is 12.9. The van der Waals surface area contributed by atoms with Crippen molar-refractivity contribution >= 4 is 23.9 Å². The summed E-state index contributed by atoms with van der Waals surface area (Å²) in [6.45, 7) is 15.9. The highest BCUT2D eigenvalue weighted by Gasteiger charge is 2.38. The number of amides is 3. The van der Waals surface area contributed by atoms with Crippen molar-refractivity contribution in [3.63, 3.8) is 0 Å². The molecule has 0 aromatic heterocycles. The first-order chi connectivity index (χ1) is 20.5. The monoisotopic (exact) mass is 605 g/mol. The molecule has 0 spiro atoms. The Morgan fingerprint density at radius 3 is 1.91 bits per heavy atom. The molecule has 9 heteroatoms. The summed E-state index contributed by atoms with van der Waals surface area (Å²) in [5, 5.41) is 5.55. The highest BCUT2D eigenvalue weighted by Crippen LogP contribution is 2.25. The zero-order valence-electron chi connectivity index (χ0n) is 27.4. The van der Waals surface area contributed by atoms with Crippen molar-refractivity contribution in [2.24, 2.45) is 5.92 Å². The lowest BCUT2D eigenvalue weighted by atomic mass is 9.97. The van der Waals surface area contributed by atoms with Gasteiger partial charge in [-0.05, 0) is 77.6 Å². The van der Waals surface area contributed by atoms with E-state index in [4.69, 9.17) is 15.9 Å². The molecule has 3 amide bonds. The molecule has 2 aromatic carbocycles. The molecule has 0 aliphatic heterocycles. The largest absolute Gasteiger partial charge is 0.458 e. The van der Waals surface area contributed by atoms with E-state index in [1.54, 1.807) is 86.6 Å². The first-order valence-electron chi connectivity index (χ1n) is 14.9. The molecule has 9 nitrogen and oxygen atoms in total. The van der Waals surface area contributed by atoms with E-state index >= 15 is 0 Å². The third-order valence-corrected chi connectivity index (χ3v) is 6.47. The minimum absolute atomic E-state index is 0.128. The maximum Gasteiger partial charge on any atom is 0.408 e. The Morgan fingerprint density at radius 2 is 1.43 bits per heavy atom. The van der Waals surface area contributed by atoms with Crippen LogP contribution in [0.15, 0.2) is 54.6 Å². The van der Waals surface area contributed by atoms with Crippen molar-refractivity contribution in [2.75, 3.05) is 6.54 Å². The Bertz CT molecular complexity index is 1320. The minimum atomic E-state index is -1.15. The van der Waals surface area contributed by atoms with Crippen LogP contribution in [0.1, 0.15) is 85.0 Å². The molecule has 0 aliphatic rings. The van der Waals surface area contributed by atoms with Gasteiger partial charge in [0.2, 0.25) is 11.8 Å². The zero-order chi connectivity index (χ0) is 33.2. The number of esters is 1. The van der Waals surface area contributed by atoms with E-state index in [1.807, 2.05) is 30.3 Å². The van der Waals surface area contributed by atoms with Gasteiger partial charge in [-0.3, -0.25) is 9.59 Å². The Morgan fingerprint density at radius 1 is 0.864 bits per heavy atom. The number of ether oxygens (including phenoxy) is 2. The Labute approximate surface area is 262 Å². The number of benzene rings is 2. The highest BCUT2D eigenvalue weighted by molar-refractivity contribution is 5.94. The van der Waals surface area contributed by atoms with Crippen molar-refractivity contribution in [1.29, 1.82) is 0 Å². The fraction of sp³-hybridized carbons (Fsp3) is 0.486. The minimum Gasteiger partial charge on any atom is -0.458 e. The molecule has 2 aromatic rings. The zero-order valence-corrected chi connectivity index (χ0v) is 27.4. The van der Waals surface area contributed by atoms with Gasteiger partial charge in [-0.15, -0.1) is 6.42 Å². The summed E-state index contributed by atoms with van der Waals surface area (Å²) in [5.41, 5.74) is 0.354. The average molecular weight is 606 g/mol. The first kappa shape index (κ1) is 35.9. The lowest BCUT2D eigenvalue weighted by Crippen LogP contribution is -2.56. The van der Waals surface area contributed by atoms with E-state index in [9.17, 15) is 19.2 Å². The number of hydrogen-bond acceptors (Lipinski definition) is 6. The summed E-state index contributed by atoms with van der Waals surface area (Å²) in [7, 11) is 0. The van der Waals surface area contributed by atoms with Crippen LogP contribution in [-0.4, -0.2) is 58.6 Å². The Hall–Kier alpha value is -4.32. The van der Waals surface area contributed by atoms with Gasteiger partial charge in [0.05, 0.1) is 0 Å². The Kier molecular flexibility index (Phi) is 12.6. The van der Waals surface area contributed by atoms with E-state index in [0.717, 1.165) is 5.56 Å². The number of nitrogens with one attached hydrogen (secondary N) is 2. The third kappa shape index (κ3) is 11.1. The molecule has 238 valence electrons. The number of alkyl carbamates (subject to hydrolysis) is 1. The first-order valence-corrected chi connectivity index (χ1v) is 14.9. The van der Waals surface area contributed by atoms with Crippen molar-refractivity contribution in [1.82, 2.24) is 15.5 Å². The molecule has 0 saturated heterocycles. The smallest absolute Gasteiger partial charge is 0.408 e. The van der Waals surface area contributed by atoms with E-state index in [2.05, 4.69) is 16.6 Å². The molecule has 0 saturated carbocycles. The van der Waals surface area contributed by atoms with Gasteiger partial charge in [0.15, 0.2) is 0 Å². The van der Waals surface area contributed by atoms with Crippen molar-refractivity contribution in [3.8, 4) is 12.3 Å². The quantitative estimate of drug-likeness (QED) is 0.270. The number of carbonyl (C=O) groups is 4. The molecular formula is C35H47N3O6. The van der Waals surface area contributed by atoms with Crippen LogP contribution in [0.25, 0.3) is 0 Å². The lowest BCUT2D eigenvalue weighted by Gasteiger charge is -2.35. The van der Waals surface area contributed by atoms with Crippen molar-refractivity contribution in [3.05, 3.63) is 71.3 Å². The van der Waals surface area contributed by atoms with Crippen LogP contribution in [0.3, 0.4) is 0 Å². The fourth-order valence-electron chi connectivity index (χ4n) is 4.49. The summed E-state index contributed by atoms with van der Waals surface area (Å²) < 4.78 is 11.1. The lowest BCUT2D eigenvalue weighted by molar-refractivity contribution is -0.159. The standard InChI is InChI=1S/C35H47N3O6/c1-11-24-18-20-26(21-19-24)29(38(12-2)31(40)28(23(3)4)37-33(42)44-35(8,9)10)30(39)36-27(32(41)43-34(5,6)7)22-25-16-14-13-15-17-25/h1,13-21,23,27-29H,12,22H2,2-10H3,(H,36,39)(H,37,42). The van der Waals surface area contributed by atoms with Crippen molar-refractivity contribution < 1.29 is 28.7 Å². The second-order valence-corrected chi connectivity index (χ2v) is 12.9. The molecule has 2 N–H and O–H groups in total. The summed E-state index contributed by atoms with van der Waals surface area (Å²) >= 11 is 0. The van der Waals surface area contributed by atoms with Gasteiger partial charge in [0, 0.05) is 18.5 Å². The molecule has 2 rings (SSSR count). The summed E-state index contributed by atoms with van der Waals surface area (Å²) in [6, 6.07) is 12.8. The number of nitrogens with zero attached hydrogens (tertiary/aromatic N) is 1. The van der Waals surface area contributed by atoms with Gasteiger partial charge in [-0.1, -0.05) is 62.2 Å². The van der Waals surface area contributed by atoms with E-state index in [1.165, 1.54) is 4.90 Å². The van der Waals surface area contributed by atoms with Crippen LogP contribution >= 0.6 is 0 Å². The molecule has 3 atom stereocenters. The predicted molar refractivity (Wildman–Crippen MR) is 170 cm³/mol. The molecule has 44 heavy (non-hydrogen) atoms. The van der Waals surface area contributed by atoms with Gasteiger partial charge in [-0.2, -0.15) is 0 Å². The number of carbonyl (C=O) groups excluding carboxylic acids is 4. The van der Waals surface area contributed by atoms with E-state index < -0.39 is 53.2 Å². The fourth-order valence-corrected chi connectivity index (χ4v) is 4.49. The van der Waals surface area contributed by atoms with Crippen LogP contribution in [0.2, 0.25) is 0 Å². The van der Waals surface area contributed by atoms with Crippen LogP contribution in [0.5, 0.6) is 0 Å². The van der Waals surface area contributed by atoms with Gasteiger partial charge in [-0.25, -0.2) is 9.59 Å². The van der Waals surface area contributed by atoms with Crippen molar-refractivity contribution in [2.45, 2.75) is 98.1 Å². The van der Waals surface area contributed by atoms with Crippen LogP contribution in [0, 0.1) is 18.3 Å². The third-order valence-electron chi connectivity index (χ3n) is 6.47. The highest BCUT2D eigenvalue weighted by atomic mass is 16.6. The van der Waals surface area contributed by atoms with E-state index in [0.29, 0.717) is 11.1 Å². The molecular weight excluding hydrogens is 558 g/mol. The molecule has 0 radical (unpaired) electrons.